The van der Waals surface area contributed by atoms with E-state index in [-0.39, 0.29) is 39.5 Å². The van der Waals surface area contributed by atoms with E-state index in [4.69, 9.17) is 28.5 Å². The molecule has 1 aromatic heterocycles. The van der Waals surface area contributed by atoms with E-state index in [2.05, 4.69) is 0 Å². The number of hydrogen-bond donors (Lipinski definition) is 7. The Morgan fingerprint density at radius 1 is 0.919 bits per heavy atom. The van der Waals surface area contributed by atoms with Gasteiger partial charge in [0.1, 0.15) is 29.3 Å². The largest absolute Gasteiger partial charge is 0.504 e. The Morgan fingerprint density at radius 2 is 1.59 bits per heavy atom. The predicted octanol–water partition coefficient (Wildman–Crippen LogP) is -0.135. The summed E-state index contributed by atoms with van der Waals surface area (Å²) in [5.74, 6) is -4.56. The number of aliphatic hydroxyl groups is 3. The van der Waals surface area contributed by atoms with E-state index < -0.39 is 59.4 Å². The third-order valence-corrected chi connectivity index (χ3v) is 5.74. The zero-order valence-electron chi connectivity index (χ0n) is 19.2. The number of phenols is 3. The SMILES string of the molecule is COc1c(O)cc2oc(-c3ccc(O[C@@H]4O[C@H](C(=O)O)[C@@H](O)[C@H](O)[C@H]4O)c(O)c3)c(OC)c(=O)c2c1O. The van der Waals surface area contributed by atoms with Crippen molar-refractivity contribution in [3.05, 3.63) is 34.5 Å². The monoisotopic (exact) mass is 522 g/mol. The van der Waals surface area contributed by atoms with Crippen molar-refractivity contribution in [3.8, 4) is 45.8 Å². The molecule has 14 heteroatoms. The standard InChI is InChI=1S/C23H22O14/c1-33-19-9(25)6-11-12(13(19)26)14(27)20(34-2)18(35-11)7-3-4-10(8(24)5-7)36-23-17(30)15(28)16(29)21(37-23)22(31)32/h3-6,15-17,21,23-26,28-30H,1-2H3,(H,31,32)/t15-,16-,17+,21-,23+/m0/s1. The molecule has 0 aliphatic carbocycles. The molecule has 2 heterocycles. The van der Waals surface area contributed by atoms with E-state index in [1.54, 1.807) is 0 Å². The summed E-state index contributed by atoms with van der Waals surface area (Å²) in [6.45, 7) is 0. The van der Waals surface area contributed by atoms with E-state index in [1.165, 1.54) is 26.4 Å². The van der Waals surface area contributed by atoms with Gasteiger partial charge in [0.2, 0.25) is 23.2 Å². The van der Waals surface area contributed by atoms with E-state index in [9.17, 15) is 40.2 Å². The van der Waals surface area contributed by atoms with Crippen LogP contribution in [0.5, 0.6) is 34.5 Å². The maximum absolute atomic E-state index is 13.0. The summed E-state index contributed by atoms with van der Waals surface area (Å²) < 4.78 is 26.1. The van der Waals surface area contributed by atoms with Gasteiger partial charge < -0.3 is 59.1 Å². The Kier molecular flexibility index (Phi) is 6.75. The third kappa shape index (κ3) is 4.31. The normalized spacial score (nSPS) is 23.5. The number of aromatic hydroxyl groups is 3. The number of carbonyl (C=O) groups is 1. The van der Waals surface area contributed by atoms with Crippen LogP contribution in [0.2, 0.25) is 0 Å². The number of phenolic OH excluding ortho intramolecular Hbond substituents is 3. The van der Waals surface area contributed by atoms with Gasteiger partial charge in [-0.2, -0.15) is 0 Å². The van der Waals surface area contributed by atoms with Gasteiger partial charge in [-0.1, -0.05) is 0 Å². The lowest BCUT2D eigenvalue weighted by molar-refractivity contribution is -0.271. The molecule has 0 spiro atoms. The van der Waals surface area contributed by atoms with Crippen molar-refractivity contribution in [2.45, 2.75) is 30.7 Å². The number of hydrogen-bond acceptors (Lipinski definition) is 13. The molecule has 198 valence electrons. The molecule has 0 bridgehead atoms. The van der Waals surface area contributed by atoms with Crippen molar-refractivity contribution in [2.75, 3.05) is 14.2 Å². The molecular weight excluding hydrogens is 500 g/mol. The molecule has 1 aliphatic heterocycles. The lowest BCUT2D eigenvalue weighted by atomic mass is 9.99. The Morgan fingerprint density at radius 3 is 2.19 bits per heavy atom. The highest BCUT2D eigenvalue weighted by molar-refractivity contribution is 5.91. The van der Waals surface area contributed by atoms with Gasteiger partial charge in [-0.3, -0.25) is 4.79 Å². The molecule has 14 nitrogen and oxygen atoms in total. The van der Waals surface area contributed by atoms with Crippen LogP contribution in [0, 0.1) is 0 Å². The predicted molar refractivity (Wildman–Crippen MR) is 121 cm³/mol. The van der Waals surface area contributed by atoms with Gasteiger partial charge in [-0.15, -0.1) is 0 Å². The highest BCUT2D eigenvalue weighted by Crippen LogP contribution is 2.44. The Labute approximate surface area is 206 Å². The number of fused-ring (bicyclic) bond motifs is 1. The lowest BCUT2D eigenvalue weighted by Gasteiger charge is -2.38. The minimum Gasteiger partial charge on any atom is -0.504 e. The second-order valence-corrected chi connectivity index (χ2v) is 7.98. The fourth-order valence-corrected chi connectivity index (χ4v) is 3.90. The minimum atomic E-state index is -1.93. The van der Waals surface area contributed by atoms with Gasteiger partial charge >= 0.3 is 5.97 Å². The van der Waals surface area contributed by atoms with E-state index >= 15 is 0 Å². The van der Waals surface area contributed by atoms with Crippen LogP contribution in [-0.4, -0.2) is 86.6 Å². The molecule has 0 amide bonds. The third-order valence-electron chi connectivity index (χ3n) is 5.74. The van der Waals surface area contributed by atoms with Gasteiger partial charge in [0, 0.05) is 11.6 Å². The van der Waals surface area contributed by atoms with E-state index in [0.717, 1.165) is 12.1 Å². The van der Waals surface area contributed by atoms with E-state index in [0.29, 0.717) is 0 Å². The summed E-state index contributed by atoms with van der Waals surface area (Å²) in [5, 5.41) is 69.6. The van der Waals surface area contributed by atoms with Crippen LogP contribution in [0.1, 0.15) is 0 Å². The number of rotatable bonds is 6. The Balaban J connectivity index is 1.73. The Hall–Kier alpha value is -4.24. The number of aliphatic carboxylic acids is 1. The molecule has 0 radical (unpaired) electrons. The topological polar surface area (TPSA) is 226 Å². The molecule has 7 N–H and O–H groups in total. The number of carboxylic acid groups (broad SMARTS) is 1. The summed E-state index contributed by atoms with van der Waals surface area (Å²) in [4.78, 5) is 24.3. The molecule has 2 aromatic carbocycles. The summed E-state index contributed by atoms with van der Waals surface area (Å²) in [6.07, 6.45) is -9.38. The quantitative estimate of drug-likeness (QED) is 0.224. The van der Waals surface area contributed by atoms with Crippen LogP contribution in [0.15, 0.2) is 33.5 Å². The molecule has 3 aromatic rings. The number of methoxy groups -OCH3 is 2. The first-order valence-corrected chi connectivity index (χ1v) is 10.6. The maximum atomic E-state index is 13.0. The van der Waals surface area contributed by atoms with Crippen molar-refractivity contribution in [2.24, 2.45) is 0 Å². The summed E-state index contributed by atoms with van der Waals surface area (Å²) in [6, 6.07) is 4.61. The summed E-state index contributed by atoms with van der Waals surface area (Å²) in [7, 11) is 2.36. The molecular formula is C23H22O14. The first-order chi connectivity index (χ1) is 17.5. The number of ether oxygens (including phenoxy) is 4. The summed E-state index contributed by atoms with van der Waals surface area (Å²) >= 11 is 0. The van der Waals surface area contributed by atoms with Gasteiger partial charge in [-0.05, 0) is 18.2 Å². The first kappa shape index (κ1) is 25.8. The van der Waals surface area contributed by atoms with Gasteiger partial charge in [0.15, 0.2) is 34.9 Å². The Bertz CT molecular complexity index is 1410. The fourth-order valence-electron chi connectivity index (χ4n) is 3.90. The van der Waals surface area contributed by atoms with Gasteiger partial charge in [0.25, 0.3) is 0 Å². The zero-order chi connectivity index (χ0) is 27.2. The van der Waals surface area contributed by atoms with E-state index in [1.807, 2.05) is 0 Å². The second-order valence-electron chi connectivity index (χ2n) is 7.98. The molecule has 1 saturated heterocycles. The highest BCUT2D eigenvalue weighted by Gasteiger charge is 2.48. The minimum absolute atomic E-state index is 0.0829. The van der Waals surface area contributed by atoms with Crippen LogP contribution >= 0.6 is 0 Å². The fraction of sp³-hybridized carbons (Fsp3) is 0.304. The summed E-state index contributed by atoms with van der Waals surface area (Å²) in [5.41, 5.74) is -0.942. The van der Waals surface area contributed by atoms with Crippen molar-refractivity contribution in [3.63, 3.8) is 0 Å². The smallest absolute Gasteiger partial charge is 0.335 e. The highest BCUT2D eigenvalue weighted by atomic mass is 16.7. The molecule has 1 fully saturated rings. The van der Waals surface area contributed by atoms with Crippen molar-refractivity contribution >= 4 is 16.9 Å². The molecule has 4 rings (SSSR count). The van der Waals surface area contributed by atoms with Gasteiger partial charge in [-0.25, -0.2) is 4.79 Å². The molecule has 37 heavy (non-hydrogen) atoms. The molecule has 0 saturated carbocycles. The molecule has 5 atom stereocenters. The van der Waals surface area contributed by atoms with Crippen LogP contribution in [0.25, 0.3) is 22.3 Å². The zero-order valence-corrected chi connectivity index (χ0v) is 19.2. The van der Waals surface area contributed by atoms with Crippen molar-refractivity contribution < 1.29 is 63.9 Å². The van der Waals surface area contributed by atoms with Crippen LogP contribution < -0.4 is 19.6 Å². The average Bonchev–Trinajstić information content (AvgIpc) is 2.84. The first-order valence-electron chi connectivity index (χ1n) is 10.6. The lowest BCUT2D eigenvalue weighted by Crippen LogP contribution is -2.61. The van der Waals surface area contributed by atoms with Crippen LogP contribution in [-0.2, 0) is 9.53 Å². The number of benzene rings is 2. The number of aliphatic hydroxyl groups excluding tert-OH is 3. The maximum Gasteiger partial charge on any atom is 0.335 e. The average molecular weight is 522 g/mol. The van der Waals surface area contributed by atoms with Crippen LogP contribution in [0.4, 0.5) is 0 Å². The number of carboxylic acids is 1. The van der Waals surface area contributed by atoms with Crippen molar-refractivity contribution in [1.82, 2.24) is 0 Å². The van der Waals surface area contributed by atoms with Crippen molar-refractivity contribution in [1.29, 1.82) is 0 Å². The van der Waals surface area contributed by atoms with Crippen LogP contribution in [0.3, 0.4) is 0 Å². The molecule has 1 aliphatic rings. The van der Waals surface area contributed by atoms with Gasteiger partial charge in [0.05, 0.1) is 14.2 Å². The molecule has 0 unspecified atom stereocenters. The second kappa shape index (κ2) is 9.67.